The van der Waals surface area contributed by atoms with Gasteiger partial charge >= 0.3 is 0 Å². The number of rotatable bonds is 8. The van der Waals surface area contributed by atoms with Crippen LogP contribution in [0.15, 0.2) is 35.6 Å². The number of hydrogen-bond donors (Lipinski definition) is 2. The van der Waals surface area contributed by atoms with E-state index in [4.69, 9.17) is 9.47 Å². The molecule has 0 aliphatic carbocycles. The van der Waals surface area contributed by atoms with Crippen molar-refractivity contribution in [1.82, 2.24) is 20.4 Å². The summed E-state index contributed by atoms with van der Waals surface area (Å²) in [5.41, 5.74) is 3.57. The number of aromatic nitrogens is 2. The Morgan fingerprint density at radius 3 is 2.93 bits per heavy atom. The first kappa shape index (κ1) is 23.5. The molecule has 2 aromatic rings. The first-order chi connectivity index (χ1) is 13.6. The van der Waals surface area contributed by atoms with Crippen LogP contribution in [0.1, 0.15) is 29.5 Å². The van der Waals surface area contributed by atoms with Crippen LogP contribution in [-0.4, -0.2) is 48.7 Å². The second kappa shape index (κ2) is 12.0. The highest BCUT2D eigenvalue weighted by molar-refractivity contribution is 14.0. The number of benzene rings is 1. The van der Waals surface area contributed by atoms with Gasteiger partial charge in [0.05, 0.1) is 19.4 Å². The van der Waals surface area contributed by atoms with Crippen LogP contribution in [0.5, 0.6) is 5.75 Å². The highest BCUT2D eigenvalue weighted by Crippen LogP contribution is 2.23. The predicted molar refractivity (Wildman–Crippen MR) is 126 cm³/mol. The third-order valence-electron chi connectivity index (χ3n) is 4.77. The fraction of sp³-hybridized carbons (Fsp3) is 0.524. The van der Waals surface area contributed by atoms with Gasteiger partial charge in [0.15, 0.2) is 5.96 Å². The average molecular weight is 513 g/mol. The Bertz CT molecular complexity index is 787. The van der Waals surface area contributed by atoms with E-state index in [1.165, 1.54) is 11.1 Å². The zero-order valence-corrected chi connectivity index (χ0v) is 19.8. The van der Waals surface area contributed by atoms with Gasteiger partial charge in [-0.3, -0.25) is 9.67 Å². The largest absolute Gasteiger partial charge is 0.488 e. The monoisotopic (exact) mass is 513 g/mol. The molecule has 1 aromatic heterocycles. The third-order valence-corrected chi connectivity index (χ3v) is 4.77. The lowest BCUT2D eigenvalue weighted by atomic mass is 10.1. The van der Waals surface area contributed by atoms with Gasteiger partial charge in [-0.2, -0.15) is 5.10 Å². The molecule has 7 nitrogen and oxygen atoms in total. The molecule has 0 spiro atoms. The van der Waals surface area contributed by atoms with E-state index in [0.29, 0.717) is 13.2 Å². The fourth-order valence-electron chi connectivity index (χ4n) is 3.20. The fourth-order valence-corrected chi connectivity index (χ4v) is 3.20. The molecule has 1 unspecified atom stereocenters. The molecule has 1 atom stereocenters. The van der Waals surface area contributed by atoms with Crippen LogP contribution >= 0.6 is 24.0 Å². The molecule has 0 radical (unpaired) electrons. The number of ether oxygens (including phenoxy) is 2. The molecule has 1 fully saturated rings. The number of guanidine groups is 1. The summed E-state index contributed by atoms with van der Waals surface area (Å²) in [6, 6.07) is 6.32. The summed E-state index contributed by atoms with van der Waals surface area (Å²) in [6.45, 7) is 5.04. The van der Waals surface area contributed by atoms with Gasteiger partial charge in [-0.05, 0) is 37.0 Å². The van der Waals surface area contributed by atoms with Gasteiger partial charge < -0.3 is 20.1 Å². The molecule has 29 heavy (non-hydrogen) atoms. The second-order valence-electron chi connectivity index (χ2n) is 7.19. The van der Waals surface area contributed by atoms with Crippen molar-refractivity contribution >= 4 is 29.9 Å². The van der Waals surface area contributed by atoms with Crippen LogP contribution in [0.2, 0.25) is 0 Å². The Balaban J connectivity index is 0.00000300. The Hall–Kier alpha value is -1.81. The van der Waals surface area contributed by atoms with E-state index in [2.05, 4.69) is 52.0 Å². The Labute approximate surface area is 190 Å². The number of aryl methyl sites for hydroxylation is 3. The van der Waals surface area contributed by atoms with E-state index in [-0.39, 0.29) is 30.1 Å². The summed E-state index contributed by atoms with van der Waals surface area (Å²) in [7, 11) is 3.73. The van der Waals surface area contributed by atoms with Crippen molar-refractivity contribution in [3.8, 4) is 5.75 Å². The Morgan fingerprint density at radius 1 is 1.38 bits per heavy atom. The standard InChI is InChI=1S/C21H31N5O2.HI/c1-16-6-7-18(20(11-16)28-19-8-10-27-15-19)13-24-21(22-2)23-9-4-5-17-12-25-26(3)14-17;/h6-7,11-12,14,19H,4-5,8-10,13,15H2,1-3H3,(H2,22,23,24);1H. The van der Waals surface area contributed by atoms with E-state index in [1.54, 1.807) is 7.05 Å². The van der Waals surface area contributed by atoms with Crippen molar-refractivity contribution in [3.63, 3.8) is 0 Å². The molecule has 1 aliphatic heterocycles. The number of nitrogens with one attached hydrogen (secondary N) is 2. The summed E-state index contributed by atoms with van der Waals surface area (Å²) in [4.78, 5) is 4.32. The number of halogens is 1. The van der Waals surface area contributed by atoms with E-state index in [1.807, 2.05) is 17.9 Å². The van der Waals surface area contributed by atoms with Crippen LogP contribution in [-0.2, 0) is 24.8 Å². The van der Waals surface area contributed by atoms with E-state index >= 15 is 0 Å². The molecule has 0 bridgehead atoms. The summed E-state index contributed by atoms with van der Waals surface area (Å²) in [6.07, 6.45) is 7.08. The SMILES string of the molecule is CN=C(NCCCc1cnn(C)c1)NCc1ccc(C)cc1OC1CCOC1.I. The smallest absolute Gasteiger partial charge is 0.191 e. The summed E-state index contributed by atoms with van der Waals surface area (Å²) in [5, 5.41) is 11.0. The van der Waals surface area contributed by atoms with E-state index in [9.17, 15) is 0 Å². The van der Waals surface area contributed by atoms with Crippen molar-refractivity contribution in [2.75, 3.05) is 26.8 Å². The number of nitrogens with zero attached hydrogens (tertiary/aromatic N) is 3. The minimum Gasteiger partial charge on any atom is -0.488 e. The highest BCUT2D eigenvalue weighted by atomic mass is 127. The Kier molecular flexibility index (Phi) is 9.72. The first-order valence-electron chi connectivity index (χ1n) is 9.90. The number of hydrogen-bond acceptors (Lipinski definition) is 4. The lowest BCUT2D eigenvalue weighted by Crippen LogP contribution is -2.37. The molecule has 2 heterocycles. The molecule has 0 saturated carbocycles. The summed E-state index contributed by atoms with van der Waals surface area (Å²) < 4.78 is 13.4. The molecule has 1 saturated heterocycles. The number of aliphatic imine (C=N–C) groups is 1. The molecule has 160 valence electrons. The molecule has 3 rings (SSSR count). The minimum atomic E-state index is 0. The van der Waals surface area contributed by atoms with Crippen LogP contribution in [0, 0.1) is 6.92 Å². The highest BCUT2D eigenvalue weighted by Gasteiger charge is 2.18. The van der Waals surface area contributed by atoms with E-state index in [0.717, 1.165) is 49.7 Å². The Morgan fingerprint density at radius 2 is 2.24 bits per heavy atom. The van der Waals surface area contributed by atoms with Gasteiger partial charge in [0.25, 0.3) is 0 Å². The predicted octanol–water partition coefficient (Wildman–Crippen LogP) is 2.81. The van der Waals surface area contributed by atoms with Crippen LogP contribution in [0.3, 0.4) is 0 Å². The average Bonchev–Trinajstić information content (AvgIpc) is 3.34. The van der Waals surface area contributed by atoms with Crippen molar-refractivity contribution < 1.29 is 9.47 Å². The lowest BCUT2D eigenvalue weighted by molar-refractivity contribution is 0.140. The van der Waals surface area contributed by atoms with Gasteiger partial charge in [0, 0.05) is 45.4 Å². The van der Waals surface area contributed by atoms with Gasteiger partial charge in [-0.15, -0.1) is 24.0 Å². The van der Waals surface area contributed by atoms with Crippen molar-refractivity contribution in [2.45, 2.75) is 38.8 Å². The molecule has 1 aliphatic rings. The van der Waals surface area contributed by atoms with Gasteiger partial charge in [0.2, 0.25) is 0 Å². The lowest BCUT2D eigenvalue weighted by Gasteiger charge is -2.18. The molecule has 0 amide bonds. The second-order valence-corrected chi connectivity index (χ2v) is 7.19. The first-order valence-corrected chi connectivity index (χ1v) is 9.90. The van der Waals surface area contributed by atoms with Gasteiger partial charge in [-0.25, -0.2) is 0 Å². The van der Waals surface area contributed by atoms with Crippen LogP contribution in [0.4, 0.5) is 0 Å². The normalized spacial score (nSPS) is 16.4. The molecular weight excluding hydrogens is 481 g/mol. The summed E-state index contributed by atoms with van der Waals surface area (Å²) in [5.74, 6) is 1.72. The van der Waals surface area contributed by atoms with Crippen LogP contribution in [0.25, 0.3) is 0 Å². The zero-order chi connectivity index (χ0) is 19.8. The topological polar surface area (TPSA) is 72.7 Å². The van der Waals surface area contributed by atoms with E-state index < -0.39 is 0 Å². The maximum absolute atomic E-state index is 6.17. The molecule has 2 N–H and O–H groups in total. The summed E-state index contributed by atoms with van der Waals surface area (Å²) >= 11 is 0. The van der Waals surface area contributed by atoms with Crippen molar-refractivity contribution in [1.29, 1.82) is 0 Å². The molecule has 8 heteroatoms. The van der Waals surface area contributed by atoms with Crippen molar-refractivity contribution in [3.05, 3.63) is 47.3 Å². The van der Waals surface area contributed by atoms with Gasteiger partial charge in [0.1, 0.15) is 11.9 Å². The minimum absolute atomic E-state index is 0. The maximum atomic E-state index is 6.17. The molecular formula is C21H32IN5O2. The van der Waals surface area contributed by atoms with Crippen LogP contribution < -0.4 is 15.4 Å². The van der Waals surface area contributed by atoms with Crippen molar-refractivity contribution in [2.24, 2.45) is 12.0 Å². The molecule has 1 aromatic carbocycles. The van der Waals surface area contributed by atoms with Gasteiger partial charge in [-0.1, -0.05) is 12.1 Å². The zero-order valence-electron chi connectivity index (χ0n) is 17.5. The maximum Gasteiger partial charge on any atom is 0.191 e. The third kappa shape index (κ3) is 7.50. The quantitative estimate of drug-likeness (QED) is 0.246.